The van der Waals surface area contributed by atoms with Gasteiger partial charge in [0.05, 0.1) is 0 Å². The lowest BCUT2D eigenvalue weighted by Gasteiger charge is -2.26. The number of nitrogens with zero attached hydrogens (tertiary/aromatic N) is 2. The third-order valence-electron chi connectivity index (χ3n) is 3.87. The number of likely N-dealkylation sites (tertiary alicyclic amines) is 1. The molecule has 0 unspecified atom stereocenters. The molecule has 4 heteroatoms. The molecule has 1 aliphatic heterocycles. The number of benzene rings is 1. The number of carbonyl (C=O) groups is 1. The summed E-state index contributed by atoms with van der Waals surface area (Å²) >= 11 is 0. The summed E-state index contributed by atoms with van der Waals surface area (Å²) in [5.74, 6) is -0.214. The van der Waals surface area contributed by atoms with Crippen LogP contribution in [0.3, 0.4) is 0 Å². The fourth-order valence-corrected chi connectivity index (χ4v) is 2.78. The van der Waals surface area contributed by atoms with Gasteiger partial charge in [0.1, 0.15) is 11.5 Å². The minimum atomic E-state index is -0.268. The number of piperidine rings is 1. The third kappa shape index (κ3) is 2.11. The van der Waals surface area contributed by atoms with Gasteiger partial charge in [0.2, 0.25) is 0 Å². The molecular weight excluding hydrogens is 243 g/mol. The largest absolute Gasteiger partial charge is 0.340 e. The van der Waals surface area contributed by atoms with E-state index >= 15 is 0 Å². The van der Waals surface area contributed by atoms with E-state index in [2.05, 4.69) is 0 Å². The van der Waals surface area contributed by atoms with Gasteiger partial charge in [-0.25, -0.2) is 4.39 Å². The minimum absolute atomic E-state index is 0.0545. The Bertz CT molecular complexity index is 626. The van der Waals surface area contributed by atoms with Crippen LogP contribution in [-0.2, 0) is 7.05 Å². The Hall–Kier alpha value is -1.84. The lowest BCUT2D eigenvalue weighted by Crippen LogP contribution is -2.36. The predicted octanol–water partition coefficient (Wildman–Crippen LogP) is 2.94. The molecule has 2 aromatic rings. The second-order valence-electron chi connectivity index (χ2n) is 5.14. The molecule has 1 aliphatic rings. The van der Waals surface area contributed by atoms with Crippen molar-refractivity contribution in [1.29, 1.82) is 0 Å². The van der Waals surface area contributed by atoms with Gasteiger partial charge < -0.3 is 9.47 Å². The van der Waals surface area contributed by atoms with Crippen LogP contribution in [0.15, 0.2) is 24.3 Å². The van der Waals surface area contributed by atoms with E-state index in [-0.39, 0.29) is 11.7 Å². The molecule has 3 rings (SSSR count). The Morgan fingerprint density at radius 2 is 1.89 bits per heavy atom. The summed E-state index contributed by atoms with van der Waals surface area (Å²) < 4.78 is 15.1. The highest BCUT2D eigenvalue weighted by Gasteiger charge is 2.21. The van der Waals surface area contributed by atoms with Crippen molar-refractivity contribution in [2.24, 2.45) is 7.05 Å². The van der Waals surface area contributed by atoms with Gasteiger partial charge in [-0.15, -0.1) is 0 Å². The van der Waals surface area contributed by atoms with Crippen LogP contribution in [-0.4, -0.2) is 28.5 Å². The maximum Gasteiger partial charge on any atom is 0.270 e. The van der Waals surface area contributed by atoms with Crippen LogP contribution in [0, 0.1) is 5.82 Å². The van der Waals surface area contributed by atoms with Gasteiger partial charge in [-0.3, -0.25) is 4.79 Å². The average Bonchev–Trinajstić information content (AvgIpc) is 2.75. The number of aromatic nitrogens is 1. The fraction of sp³-hybridized carbons (Fsp3) is 0.400. The molecule has 0 aliphatic carbocycles. The molecule has 0 bridgehead atoms. The molecule has 1 aromatic carbocycles. The number of rotatable bonds is 1. The first kappa shape index (κ1) is 12.2. The maximum absolute atomic E-state index is 13.2. The number of amides is 1. The van der Waals surface area contributed by atoms with Crippen molar-refractivity contribution in [3.63, 3.8) is 0 Å². The smallest absolute Gasteiger partial charge is 0.270 e. The first-order valence-corrected chi connectivity index (χ1v) is 6.71. The first-order chi connectivity index (χ1) is 9.16. The van der Waals surface area contributed by atoms with Crippen molar-refractivity contribution in [3.05, 3.63) is 35.8 Å². The van der Waals surface area contributed by atoms with E-state index in [0.29, 0.717) is 5.69 Å². The number of aryl methyl sites for hydroxylation is 1. The molecule has 3 nitrogen and oxygen atoms in total. The molecule has 0 atom stereocenters. The van der Waals surface area contributed by atoms with E-state index in [4.69, 9.17) is 0 Å². The molecule has 0 spiro atoms. The van der Waals surface area contributed by atoms with Crippen molar-refractivity contribution < 1.29 is 9.18 Å². The first-order valence-electron chi connectivity index (χ1n) is 6.71. The standard InChI is InChI=1S/C15H17FN2O/c1-17-13-6-5-12(16)9-11(13)10-14(17)15(19)18-7-3-2-4-8-18/h5-6,9-10H,2-4,7-8H2,1H3. The van der Waals surface area contributed by atoms with Crippen LogP contribution < -0.4 is 0 Å². The Labute approximate surface area is 111 Å². The monoisotopic (exact) mass is 260 g/mol. The summed E-state index contributed by atoms with van der Waals surface area (Å²) in [6, 6.07) is 6.41. The lowest BCUT2D eigenvalue weighted by molar-refractivity contribution is 0.0715. The number of hydrogen-bond acceptors (Lipinski definition) is 1. The van der Waals surface area contributed by atoms with Crippen LogP contribution >= 0.6 is 0 Å². The molecule has 1 saturated heterocycles. The normalized spacial score (nSPS) is 16.0. The Balaban J connectivity index is 2.00. The van der Waals surface area contributed by atoms with E-state index in [1.54, 1.807) is 12.1 Å². The van der Waals surface area contributed by atoms with Gasteiger partial charge >= 0.3 is 0 Å². The zero-order valence-electron chi connectivity index (χ0n) is 11.0. The molecule has 1 aromatic heterocycles. The highest BCUT2D eigenvalue weighted by molar-refractivity contribution is 5.98. The second kappa shape index (κ2) is 4.68. The van der Waals surface area contributed by atoms with Gasteiger partial charge in [-0.2, -0.15) is 0 Å². The number of hydrogen-bond donors (Lipinski definition) is 0. The summed E-state index contributed by atoms with van der Waals surface area (Å²) in [6.07, 6.45) is 3.35. The third-order valence-corrected chi connectivity index (χ3v) is 3.87. The number of fused-ring (bicyclic) bond motifs is 1. The predicted molar refractivity (Wildman–Crippen MR) is 72.6 cm³/mol. The Kier molecular flexibility index (Phi) is 3.01. The van der Waals surface area contributed by atoms with Gasteiger partial charge in [-0.05, 0) is 43.5 Å². The van der Waals surface area contributed by atoms with Gasteiger partial charge in [0, 0.05) is 31.0 Å². The highest BCUT2D eigenvalue weighted by Crippen LogP contribution is 2.22. The quantitative estimate of drug-likeness (QED) is 0.774. The molecule has 0 radical (unpaired) electrons. The summed E-state index contributed by atoms with van der Waals surface area (Å²) in [5, 5.41) is 0.780. The van der Waals surface area contributed by atoms with Crippen molar-refractivity contribution >= 4 is 16.8 Å². The maximum atomic E-state index is 13.2. The summed E-state index contributed by atoms with van der Waals surface area (Å²) in [5.41, 5.74) is 1.53. The van der Waals surface area contributed by atoms with Crippen LogP contribution in [0.25, 0.3) is 10.9 Å². The van der Waals surface area contributed by atoms with Crippen LogP contribution in [0.1, 0.15) is 29.8 Å². The van der Waals surface area contributed by atoms with Gasteiger partial charge in [0.15, 0.2) is 0 Å². The van der Waals surface area contributed by atoms with Crippen molar-refractivity contribution in [2.75, 3.05) is 13.1 Å². The van der Waals surface area contributed by atoms with E-state index in [1.165, 1.54) is 18.6 Å². The van der Waals surface area contributed by atoms with E-state index in [9.17, 15) is 9.18 Å². The van der Waals surface area contributed by atoms with Gasteiger partial charge in [0.25, 0.3) is 5.91 Å². The SMILES string of the molecule is Cn1c(C(=O)N2CCCCC2)cc2cc(F)ccc21. The number of halogens is 1. The molecule has 1 fully saturated rings. The summed E-state index contributed by atoms with van der Waals surface area (Å²) in [7, 11) is 1.86. The molecule has 0 N–H and O–H groups in total. The topological polar surface area (TPSA) is 25.2 Å². The van der Waals surface area contributed by atoms with Crippen LogP contribution in [0.2, 0.25) is 0 Å². The molecular formula is C15H17FN2O. The van der Waals surface area contributed by atoms with Crippen molar-refractivity contribution in [1.82, 2.24) is 9.47 Å². The minimum Gasteiger partial charge on any atom is -0.340 e. The summed E-state index contributed by atoms with van der Waals surface area (Å²) in [6.45, 7) is 1.66. The van der Waals surface area contributed by atoms with Crippen LogP contribution in [0.4, 0.5) is 4.39 Å². The second-order valence-corrected chi connectivity index (χ2v) is 5.14. The summed E-state index contributed by atoms with van der Waals surface area (Å²) in [4.78, 5) is 14.4. The van der Waals surface area contributed by atoms with Crippen molar-refractivity contribution in [2.45, 2.75) is 19.3 Å². The van der Waals surface area contributed by atoms with E-state index < -0.39 is 0 Å². The van der Waals surface area contributed by atoms with Crippen molar-refractivity contribution in [3.8, 4) is 0 Å². The van der Waals surface area contributed by atoms with E-state index in [1.807, 2.05) is 16.5 Å². The van der Waals surface area contributed by atoms with E-state index in [0.717, 1.165) is 36.8 Å². The Morgan fingerprint density at radius 3 is 2.63 bits per heavy atom. The number of carbonyl (C=O) groups excluding carboxylic acids is 1. The zero-order chi connectivity index (χ0) is 13.4. The zero-order valence-corrected chi connectivity index (χ0v) is 11.0. The molecule has 0 saturated carbocycles. The molecule has 19 heavy (non-hydrogen) atoms. The lowest BCUT2D eigenvalue weighted by atomic mass is 10.1. The average molecular weight is 260 g/mol. The molecule has 2 heterocycles. The fourth-order valence-electron chi connectivity index (χ4n) is 2.78. The molecule has 100 valence electrons. The highest BCUT2D eigenvalue weighted by atomic mass is 19.1. The van der Waals surface area contributed by atoms with Gasteiger partial charge in [-0.1, -0.05) is 0 Å². The van der Waals surface area contributed by atoms with Crippen LogP contribution in [0.5, 0.6) is 0 Å². The Morgan fingerprint density at radius 1 is 1.16 bits per heavy atom. The molecule has 1 amide bonds.